The zero-order valence-corrected chi connectivity index (χ0v) is 15.0. The van der Waals surface area contributed by atoms with E-state index in [1.807, 2.05) is 36.4 Å². The third kappa shape index (κ3) is 7.38. The fraction of sp³-hybridized carbons (Fsp3) is 0.381. The molecular formula is C21H26N2O2. The lowest BCUT2D eigenvalue weighted by atomic mass is 10.1. The van der Waals surface area contributed by atoms with Crippen LogP contribution in [0.1, 0.15) is 37.0 Å². The van der Waals surface area contributed by atoms with Crippen molar-refractivity contribution >= 4 is 0 Å². The first kappa shape index (κ1) is 19.0. The molecular weight excluding hydrogens is 312 g/mol. The molecule has 0 aliphatic carbocycles. The summed E-state index contributed by atoms with van der Waals surface area (Å²) in [6, 6.07) is 17.7. The van der Waals surface area contributed by atoms with Crippen molar-refractivity contribution in [1.82, 2.24) is 5.32 Å². The third-order valence-corrected chi connectivity index (χ3v) is 3.64. The Morgan fingerprint density at radius 3 is 2.68 bits per heavy atom. The van der Waals surface area contributed by atoms with Gasteiger partial charge in [0, 0.05) is 13.2 Å². The van der Waals surface area contributed by atoms with Crippen LogP contribution in [0, 0.1) is 11.3 Å². The summed E-state index contributed by atoms with van der Waals surface area (Å²) in [6.07, 6.45) is 1.30. The van der Waals surface area contributed by atoms with Gasteiger partial charge in [-0.15, -0.1) is 0 Å². The van der Waals surface area contributed by atoms with Gasteiger partial charge in [-0.05, 0) is 62.2 Å². The standard InChI is InChI=1S/C21H26N2O2/c1-17(2)24-11-5-10-23-15-19-7-4-9-21(13-19)25-16-20-8-3-6-18(12-20)14-22/h3-4,6-9,12-13,17,23H,5,10-11,15-16H2,1-2H3. The van der Waals surface area contributed by atoms with E-state index in [1.165, 1.54) is 5.56 Å². The summed E-state index contributed by atoms with van der Waals surface area (Å²) in [6.45, 7) is 7.08. The van der Waals surface area contributed by atoms with Gasteiger partial charge in [0.2, 0.25) is 0 Å². The zero-order valence-electron chi connectivity index (χ0n) is 15.0. The average Bonchev–Trinajstić information content (AvgIpc) is 2.63. The number of nitrogens with one attached hydrogen (secondary N) is 1. The van der Waals surface area contributed by atoms with E-state index in [9.17, 15) is 0 Å². The van der Waals surface area contributed by atoms with Crippen LogP contribution in [0.2, 0.25) is 0 Å². The molecule has 0 aliphatic heterocycles. The Morgan fingerprint density at radius 1 is 1.08 bits per heavy atom. The van der Waals surface area contributed by atoms with Crippen molar-refractivity contribution in [3.63, 3.8) is 0 Å². The Morgan fingerprint density at radius 2 is 1.88 bits per heavy atom. The predicted octanol–water partition coefficient (Wildman–Crippen LogP) is 4.04. The number of hydrogen-bond acceptors (Lipinski definition) is 4. The Balaban J connectivity index is 1.75. The normalized spacial score (nSPS) is 10.6. The molecule has 4 nitrogen and oxygen atoms in total. The Bertz CT molecular complexity index is 692. The van der Waals surface area contributed by atoms with Crippen molar-refractivity contribution in [1.29, 1.82) is 5.26 Å². The Hall–Kier alpha value is -2.35. The molecule has 0 fully saturated rings. The first-order chi connectivity index (χ1) is 12.2. The van der Waals surface area contributed by atoms with Crippen LogP contribution in [0.3, 0.4) is 0 Å². The second-order valence-electron chi connectivity index (χ2n) is 6.20. The lowest BCUT2D eigenvalue weighted by Gasteiger charge is -2.10. The van der Waals surface area contributed by atoms with Crippen molar-refractivity contribution in [2.24, 2.45) is 0 Å². The van der Waals surface area contributed by atoms with Crippen LogP contribution in [0.25, 0.3) is 0 Å². The van der Waals surface area contributed by atoms with Gasteiger partial charge in [-0.2, -0.15) is 5.26 Å². The minimum atomic E-state index is 0.294. The summed E-state index contributed by atoms with van der Waals surface area (Å²) in [5.74, 6) is 0.838. The number of benzene rings is 2. The maximum atomic E-state index is 8.94. The molecule has 2 aromatic rings. The van der Waals surface area contributed by atoms with Gasteiger partial charge in [0.05, 0.1) is 17.7 Å². The van der Waals surface area contributed by atoms with Crippen LogP contribution in [0.4, 0.5) is 0 Å². The monoisotopic (exact) mass is 338 g/mol. The summed E-state index contributed by atoms with van der Waals surface area (Å²) in [5, 5.41) is 12.4. The molecule has 0 amide bonds. The van der Waals surface area contributed by atoms with Gasteiger partial charge >= 0.3 is 0 Å². The summed E-state index contributed by atoms with van der Waals surface area (Å²) >= 11 is 0. The van der Waals surface area contributed by atoms with E-state index in [0.717, 1.165) is 37.4 Å². The summed E-state index contributed by atoms with van der Waals surface area (Å²) < 4.78 is 11.4. The van der Waals surface area contributed by atoms with E-state index in [-0.39, 0.29) is 0 Å². The van der Waals surface area contributed by atoms with Gasteiger partial charge in [-0.3, -0.25) is 0 Å². The van der Waals surface area contributed by atoms with E-state index < -0.39 is 0 Å². The largest absolute Gasteiger partial charge is 0.489 e. The Labute approximate surface area is 150 Å². The molecule has 132 valence electrons. The maximum Gasteiger partial charge on any atom is 0.120 e. The summed E-state index contributed by atoms with van der Waals surface area (Å²) in [7, 11) is 0. The molecule has 0 aliphatic rings. The van der Waals surface area contributed by atoms with E-state index in [0.29, 0.717) is 18.3 Å². The molecule has 0 saturated carbocycles. The van der Waals surface area contributed by atoms with Crippen molar-refractivity contribution in [3.8, 4) is 11.8 Å². The molecule has 0 atom stereocenters. The fourth-order valence-corrected chi connectivity index (χ4v) is 2.39. The van der Waals surface area contributed by atoms with E-state index in [1.54, 1.807) is 6.07 Å². The number of rotatable bonds is 10. The molecule has 0 spiro atoms. The molecule has 0 unspecified atom stereocenters. The highest BCUT2D eigenvalue weighted by Crippen LogP contribution is 2.15. The molecule has 4 heteroatoms. The zero-order chi connectivity index (χ0) is 17.9. The molecule has 0 radical (unpaired) electrons. The van der Waals surface area contributed by atoms with Crippen LogP contribution < -0.4 is 10.1 Å². The van der Waals surface area contributed by atoms with Crippen LogP contribution in [-0.4, -0.2) is 19.3 Å². The third-order valence-electron chi connectivity index (χ3n) is 3.64. The van der Waals surface area contributed by atoms with Crippen LogP contribution >= 0.6 is 0 Å². The first-order valence-electron chi connectivity index (χ1n) is 8.70. The molecule has 0 aromatic heterocycles. The lowest BCUT2D eigenvalue weighted by Crippen LogP contribution is -2.17. The Kier molecular flexibility index (Phi) is 7.97. The van der Waals surface area contributed by atoms with Gasteiger partial charge in [0.15, 0.2) is 0 Å². The highest BCUT2D eigenvalue weighted by Gasteiger charge is 2.00. The van der Waals surface area contributed by atoms with E-state index in [4.69, 9.17) is 14.7 Å². The fourth-order valence-electron chi connectivity index (χ4n) is 2.39. The van der Waals surface area contributed by atoms with E-state index in [2.05, 4.69) is 31.3 Å². The quantitative estimate of drug-likeness (QED) is 0.664. The molecule has 0 bridgehead atoms. The van der Waals surface area contributed by atoms with Gasteiger partial charge in [-0.25, -0.2) is 0 Å². The lowest BCUT2D eigenvalue weighted by molar-refractivity contribution is 0.0770. The van der Waals surface area contributed by atoms with Gasteiger partial charge < -0.3 is 14.8 Å². The summed E-state index contributed by atoms with van der Waals surface area (Å²) in [4.78, 5) is 0. The van der Waals surface area contributed by atoms with E-state index >= 15 is 0 Å². The molecule has 0 saturated heterocycles. The van der Waals surface area contributed by atoms with Crippen molar-refractivity contribution in [2.45, 2.75) is 39.5 Å². The predicted molar refractivity (Wildman–Crippen MR) is 99.3 cm³/mol. The highest BCUT2D eigenvalue weighted by atomic mass is 16.5. The molecule has 0 heterocycles. The number of nitrogens with zero attached hydrogens (tertiary/aromatic N) is 1. The minimum absolute atomic E-state index is 0.294. The molecule has 2 rings (SSSR count). The smallest absolute Gasteiger partial charge is 0.120 e. The van der Waals surface area contributed by atoms with Crippen LogP contribution in [0.5, 0.6) is 5.75 Å². The SMILES string of the molecule is CC(C)OCCCNCc1cccc(OCc2cccc(C#N)c2)c1. The maximum absolute atomic E-state index is 8.94. The van der Waals surface area contributed by atoms with Gasteiger partial charge in [0.25, 0.3) is 0 Å². The topological polar surface area (TPSA) is 54.3 Å². The second-order valence-corrected chi connectivity index (χ2v) is 6.20. The molecule has 25 heavy (non-hydrogen) atoms. The highest BCUT2D eigenvalue weighted by molar-refractivity contribution is 5.33. The van der Waals surface area contributed by atoms with Crippen molar-refractivity contribution in [2.75, 3.05) is 13.2 Å². The minimum Gasteiger partial charge on any atom is -0.489 e. The van der Waals surface area contributed by atoms with Crippen LogP contribution in [0.15, 0.2) is 48.5 Å². The second kappa shape index (κ2) is 10.5. The number of hydrogen-bond donors (Lipinski definition) is 1. The van der Waals surface area contributed by atoms with Crippen molar-refractivity contribution < 1.29 is 9.47 Å². The molecule has 1 N–H and O–H groups in total. The van der Waals surface area contributed by atoms with Crippen LogP contribution in [-0.2, 0) is 17.9 Å². The molecule has 2 aromatic carbocycles. The number of nitriles is 1. The van der Waals surface area contributed by atoms with Gasteiger partial charge in [0.1, 0.15) is 12.4 Å². The first-order valence-corrected chi connectivity index (χ1v) is 8.70. The van der Waals surface area contributed by atoms with Gasteiger partial charge in [-0.1, -0.05) is 24.3 Å². The average molecular weight is 338 g/mol. The van der Waals surface area contributed by atoms with Crippen molar-refractivity contribution in [3.05, 3.63) is 65.2 Å². The number of ether oxygens (including phenoxy) is 2. The summed E-state index contributed by atoms with van der Waals surface area (Å²) in [5.41, 5.74) is 2.83.